The second kappa shape index (κ2) is 7.79. The highest BCUT2D eigenvalue weighted by Gasteiger charge is 2.48. The maximum absolute atomic E-state index is 13.7. The average Bonchev–Trinajstić information content (AvgIpc) is 3.25. The molecule has 3 aromatic rings. The Hall–Kier alpha value is -2.67. The molecule has 0 bridgehead atoms. The fourth-order valence-electron chi connectivity index (χ4n) is 5.07. The van der Waals surface area contributed by atoms with Crippen LogP contribution in [0.25, 0.3) is 11.1 Å². The van der Waals surface area contributed by atoms with Crippen LogP contribution in [-0.2, 0) is 10.0 Å². The highest BCUT2D eigenvalue weighted by atomic mass is 32.2. The van der Waals surface area contributed by atoms with Gasteiger partial charge in [-0.2, -0.15) is 4.31 Å². The number of rotatable bonds is 4. The van der Waals surface area contributed by atoms with Gasteiger partial charge >= 0.3 is 0 Å². The average molecular weight is 435 g/mol. The first-order valence-electron chi connectivity index (χ1n) is 10.6. The van der Waals surface area contributed by atoms with E-state index in [1.165, 1.54) is 0 Å². The van der Waals surface area contributed by atoms with Crippen LogP contribution in [0.4, 0.5) is 5.69 Å². The molecular weight excluding hydrogens is 408 g/mol. The van der Waals surface area contributed by atoms with Crippen molar-refractivity contribution in [1.82, 2.24) is 4.31 Å². The Balaban J connectivity index is 1.63. The molecule has 0 amide bonds. The summed E-state index contributed by atoms with van der Waals surface area (Å²) in [6.07, 6.45) is 0.711. The molecule has 0 radical (unpaired) electrons. The molecule has 2 heterocycles. The summed E-state index contributed by atoms with van der Waals surface area (Å²) in [4.78, 5) is 0.357. The van der Waals surface area contributed by atoms with Crippen LogP contribution in [0.2, 0.25) is 0 Å². The molecule has 3 atom stereocenters. The summed E-state index contributed by atoms with van der Waals surface area (Å²) >= 11 is 0. The highest BCUT2D eigenvalue weighted by molar-refractivity contribution is 7.89. The molecule has 0 saturated carbocycles. The van der Waals surface area contributed by atoms with Gasteiger partial charge < -0.3 is 10.4 Å². The number of nitrogens with one attached hydrogen (secondary N) is 1. The molecule has 0 aliphatic carbocycles. The Bertz CT molecular complexity index is 1210. The van der Waals surface area contributed by atoms with Gasteiger partial charge in [-0.25, -0.2) is 8.42 Å². The molecule has 1 fully saturated rings. The first kappa shape index (κ1) is 20.2. The summed E-state index contributed by atoms with van der Waals surface area (Å²) in [5.74, 6) is 0.0160. The van der Waals surface area contributed by atoms with Crippen molar-refractivity contribution in [2.75, 3.05) is 18.5 Å². The van der Waals surface area contributed by atoms with Gasteiger partial charge in [-0.15, -0.1) is 0 Å². The Morgan fingerprint density at radius 3 is 2.48 bits per heavy atom. The van der Waals surface area contributed by atoms with Gasteiger partial charge in [-0.1, -0.05) is 54.6 Å². The molecule has 2 aliphatic heterocycles. The smallest absolute Gasteiger partial charge is 0.243 e. The molecule has 6 heteroatoms. The van der Waals surface area contributed by atoms with Crippen molar-refractivity contribution < 1.29 is 13.5 Å². The van der Waals surface area contributed by atoms with Crippen molar-refractivity contribution >= 4 is 15.7 Å². The third-order valence-corrected chi connectivity index (χ3v) is 8.65. The summed E-state index contributed by atoms with van der Waals surface area (Å²) in [7, 11) is -3.67. The van der Waals surface area contributed by atoms with Gasteiger partial charge in [0, 0.05) is 18.2 Å². The van der Waals surface area contributed by atoms with E-state index in [0.717, 1.165) is 27.9 Å². The quantitative estimate of drug-likeness (QED) is 0.646. The first-order valence-corrected chi connectivity index (χ1v) is 12.1. The summed E-state index contributed by atoms with van der Waals surface area (Å²) in [6, 6.07) is 22.9. The topological polar surface area (TPSA) is 69.6 Å². The van der Waals surface area contributed by atoms with Gasteiger partial charge in [-0.3, -0.25) is 0 Å². The van der Waals surface area contributed by atoms with Crippen molar-refractivity contribution in [1.29, 1.82) is 0 Å². The van der Waals surface area contributed by atoms with Crippen LogP contribution < -0.4 is 5.32 Å². The van der Waals surface area contributed by atoms with Crippen molar-refractivity contribution in [2.24, 2.45) is 5.92 Å². The number of aliphatic hydroxyl groups excluding tert-OH is 1. The van der Waals surface area contributed by atoms with Crippen molar-refractivity contribution in [3.63, 3.8) is 0 Å². The molecule has 5 nitrogen and oxygen atoms in total. The van der Waals surface area contributed by atoms with E-state index in [-0.39, 0.29) is 24.6 Å². The second-order valence-electron chi connectivity index (χ2n) is 8.38. The van der Waals surface area contributed by atoms with Gasteiger partial charge in [0.15, 0.2) is 0 Å². The van der Waals surface area contributed by atoms with Gasteiger partial charge in [0.1, 0.15) is 0 Å². The predicted octanol–water partition coefficient (Wildman–Crippen LogP) is 4.20. The van der Waals surface area contributed by atoms with Crippen LogP contribution in [0.15, 0.2) is 77.7 Å². The van der Waals surface area contributed by atoms with Gasteiger partial charge in [-0.05, 0) is 53.8 Å². The predicted molar refractivity (Wildman–Crippen MR) is 122 cm³/mol. The molecule has 3 aromatic carbocycles. The summed E-state index contributed by atoms with van der Waals surface area (Å²) in [5.41, 5.74) is 4.77. The van der Waals surface area contributed by atoms with Crippen LogP contribution in [-0.4, -0.2) is 37.0 Å². The first-order chi connectivity index (χ1) is 15.0. The van der Waals surface area contributed by atoms with Crippen LogP contribution in [0.3, 0.4) is 0 Å². The molecular formula is C25H26N2O3S. The van der Waals surface area contributed by atoms with E-state index in [9.17, 15) is 13.5 Å². The largest absolute Gasteiger partial charge is 0.394 e. The number of hydrogen-bond donors (Lipinski definition) is 2. The van der Waals surface area contributed by atoms with E-state index in [4.69, 9.17) is 0 Å². The summed E-state index contributed by atoms with van der Waals surface area (Å²) in [5, 5.41) is 13.5. The van der Waals surface area contributed by atoms with E-state index in [2.05, 4.69) is 23.5 Å². The summed E-state index contributed by atoms with van der Waals surface area (Å²) in [6.45, 7) is 2.25. The zero-order valence-electron chi connectivity index (χ0n) is 17.4. The molecule has 5 rings (SSSR count). The van der Waals surface area contributed by atoms with Crippen molar-refractivity contribution in [3.8, 4) is 11.1 Å². The Morgan fingerprint density at radius 1 is 1.00 bits per heavy atom. The van der Waals surface area contributed by atoms with E-state index in [0.29, 0.717) is 17.9 Å². The number of hydrogen-bond acceptors (Lipinski definition) is 4. The van der Waals surface area contributed by atoms with E-state index in [1.54, 1.807) is 16.4 Å². The van der Waals surface area contributed by atoms with Gasteiger partial charge in [0.2, 0.25) is 10.0 Å². The lowest BCUT2D eigenvalue weighted by Crippen LogP contribution is -2.42. The maximum Gasteiger partial charge on any atom is 0.243 e. The zero-order valence-corrected chi connectivity index (χ0v) is 18.2. The summed E-state index contributed by atoms with van der Waals surface area (Å²) < 4.78 is 29.1. The van der Waals surface area contributed by atoms with E-state index < -0.39 is 10.0 Å². The SMILES string of the molecule is Cc1ccccc1S(=O)(=O)N1CC[C@@H]2[C@H](CO)Nc3ccc(-c4ccccc4)cc3[C@@H]21. The normalized spacial score (nSPS) is 23.1. The van der Waals surface area contributed by atoms with Crippen molar-refractivity contribution in [3.05, 3.63) is 83.9 Å². The monoisotopic (exact) mass is 434 g/mol. The molecule has 0 aromatic heterocycles. The number of aliphatic hydroxyl groups is 1. The molecule has 31 heavy (non-hydrogen) atoms. The standard InChI is InChI=1S/C25H26N2O3S/c1-17-7-5-6-10-24(17)31(29,30)27-14-13-20-23(16-28)26-22-12-11-19(15-21(22)25(20)27)18-8-3-2-4-9-18/h2-12,15,20,23,25-26,28H,13-14,16H2,1H3/t20-,23+,25-/m1/s1. The van der Waals surface area contributed by atoms with Gasteiger partial charge in [0.05, 0.1) is 23.6 Å². The zero-order chi connectivity index (χ0) is 21.6. The minimum atomic E-state index is -3.67. The number of benzene rings is 3. The Morgan fingerprint density at radius 2 is 1.74 bits per heavy atom. The van der Waals surface area contributed by atoms with Crippen LogP contribution in [0, 0.1) is 12.8 Å². The second-order valence-corrected chi connectivity index (χ2v) is 10.2. The lowest BCUT2D eigenvalue weighted by Gasteiger charge is -2.39. The van der Waals surface area contributed by atoms with Crippen LogP contribution in [0.1, 0.15) is 23.6 Å². The minimum Gasteiger partial charge on any atom is -0.394 e. The number of fused-ring (bicyclic) bond motifs is 3. The molecule has 1 saturated heterocycles. The highest BCUT2D eigenvalue weighted by Crippen LogP contribution is 2.49. The van der Waals surface area contributed by atoms with E-state index in [1.807, 2.05) is 49.4 Å². The fraction of sp³-hybridized carbons (Fsp3) is 0.280. The lowest BCUT2D eigenvalue weighted by molar-refractivity contribution is 0.210. The number of anilines is 1. The third-order valence-electron chi connectivity index (χ3n) is 6.61. The number of sulfonamides is 1. The molecule has 0 spiro atoms. The Labute approximate surface area is 183 Å². The fourth-order valence-corrected chi connectivity index (χ4v) is 6.97. The molecule has 0 unspecified atom stereocenters. The van der Waals surface area contributed by atoms with Crippen LogP contribution >= 0.6 is 0 Å². The minimum absolute atomic E-state index is 0.0160. The van der Waals surface area contributed by atoms with Gasteiger partial charge in [0.25, 0.3) is 0 Å². The van der Waals surface area contributed by atoms with E-state index >= 15 is 0 Å². The third kappa shape index (κ3) is 3.35. The molecule has 2 N–H and O–H groups in total. The molecule has 160 valence electrons. The lowest BCUT2D eigenvalue weighted by atomic mass is 9.82. The number of nitrogens with zero attached hydrogens (tertiary/aromatic N) is 1. The maximum atomic E-state index is 13.7. The number of aryl methyl sites for hydroxylation is 1. The van der Waals surface area contributed by atoms with Crippen LogP contribution in [0.5, 0.6) is 0 Å². The molecule has 2 aliphatic rings. The van der Waals surface area contributed by atoms with Crippen molar-refractivity contribution in [2.45, 2.75) is 30.3 Å². The Kier molecular flexibility index (Phi) is 5.08.